The molecule has 4 rings (SSSR count). The van der Waals surface area contributed by atoms with E-state index in [9.17, 15) is 14.4 Å². The predicted molar refractivity (Wildman–Crippen MR) is 114 cm³/mol. The fourth-order valence-electron chi connectivity index (χ4n) is 3.15. The molecule has 0 atom stereocenters. The molecular weight excluding hydrogens is 402 g/mol. The average Bonchev–Trinajstić information content (AvgIpc) is 3.29. The fraction of sp³-hybridized carbons (Fsp3) is 0.0870. The van der Waals surface area contributed by atoms with Crippen LogP contribution in [0, 0.1) is 6.92 Å². The van der Waals surface area contributed by atoms with Crippen LogP contribution in [0.25, 0.3) is 17.4 Å². The van der Waals surface area contributed by atoms with Crippen molar-refractivity contribution in [2.75, 3.05) is 0 Å². The highest BCUT2D eigenvalue weighted by Crippen LogP contribution is 2.34. The van der Waals surface area contributed by atoms with Crippen LogP contribution < -0.4 is 0 Å². The van der Waals surface area contributed by atoms with Crippen LogP contribution in [-0.4, -0.2) is 27.1 Å². The zero-order valence-corrected chi connectivity index (χ0v) is 16.8. The smallest absolute Gasteiger partial charge is 0.335 e. The number of imide groups is 1. The molecule has 1 aliphatic heterocycles. The molecule has 150 valence electrons. The molecule has 1 saturated heterocycles. The minimum atomic E-state index is -1.02. The summed E-state index contributed by atoms with van der Waals surface area (Å²) >= 11 is 0.872. The van der Waals surface area contributed by atoms with E-state index in [2.05, 4.69) is 0 Å². The van der Waals surface area contributed by atoms with Crippen molar-refractivity contribution in [2.45, 2.75) is 13.5 Å². The SMILES string of the molecule is Cc1cccc(CN2C(=O)S/C(=C/c3ccc(-c4cccc(C(=O)O)c4)o3)C2=O)c1. The molecule has 6 nitrogen and oxygen atoms in total. The molecule has 1 aliphatic rings. The summed E-state index contributed by atoms with van der Waals surface area (Å²) in [6.45, 7) is 2.17. The van der Waals surface area contributed by atoms with Gasteiger partial charge in [0.05, 0.1) is 17.0 Å². The van der Waals surface area contributed by atoms with Crippen LogP contribution in [0.15, 0.2) is 70.0 Å². The molecule has 0 aliphatic carbocycles. The first-order valence-electron chi connectivity index (χ1n) is 9.15. The maximum absolute atomic E-state index is 12.7. The molecule has 30 heavy (non-hydrogen) atoms. The van der Waals surface area contributed by atoms with Gasteiger partial charge in [0.15, 0.2) is 0 Å². The van der Waals surface area contributed by atoms with Crippen molar-refractivity contribution in [3.8, 4) is 11.3 Å². The number of aryl methyl sites for hydroxylation is 1. The number of carboxylic acid groups (broad SMARTS) is 1. The topological polar surface area (TPSA) is 87.8 Å². The quantitative estimate of drug-likeness (QED) is 0.573. The monoisotopic (exact) mass is 419 g/mol. The fourth-order valence-corrected chi connectivity index (χ4v) is 3.97. The standard InChI is InChI=1S/C23H17NO5S/c1-14-4-2-5-15(10-14)13-24-21(25)20(30-23(24)28)12-18-8-9-19(29-18)16-6-3-7-17(11-16)22(26)27/h2-12H,13H2,1H3,(H,26,27)/b20-12+. The van der Waals surface area contributed by atoms with E-state index >= 15 is 0 Å². The van der Waals surface area contributed by atoms with Crippen LogP contribution in [0.4, 0.5) is 4.79 Å². The number of carboxylic acids is 1. The Bertz CT molecular complexity index is 1190. The van der Waals surface area contributed by atoms with Crippen LogP contribution in [0.1, 0.15) is 27.2 Å². The van der Waals surface area contributed by atoms with Crippen molar-refractivity contribution < 1.29 is 23.9 Å². The van der Waals surface area contributed by atoms with Gasteiger partial charge in [0.1, 0.15) is 11.5 Å². The first-order chi connectivity index (χ1) is 14.4. The number of carbonyl (C=O) groups excluding carboxylic acids is 2. The number of thioether (sulfide) groups is 1. The molecule has 0 saturated carbocycles. The largest absolute Gasteiger partial charge is 0.478 e. The lowest BCUT2D eigenvalue weighted by atomic mass is 10.1. The van der Waals surface area contributed by atoms with Gasteiger partial charge in [-0.05, 0) is 48.5 Å². The van der Waals surface area contributed by atoms with Gasteiger partial charge in [0, 0.05) is 11.6 Å². The van der Waals surface area contributed by atoms with Crippen LogP contribution in [-0.2, 0) is 11.3 Å². The Morgan fingerprint density at radius 2 is 1.90 bits per heavy atom. The maximum atomic E-state index is 12.7. The lowest BCUT2D eigenvalue weighted by Gasteiger charge is -2.12. The minimum Gasteiger partial charge on any atom is -0.478 e. The molecule has 1 fully saturated rings. The Kier molecular flexibility index (Phi) is 5.29. The van der Waals surface area contributed by atoms with Crippen molar-refractivity contribution >= 4 is 35.0 Å². The van der Waals surface area contributed by atoms with Crippen molar-refractivity contribution in [2.24, 2.45) is 0 Å². The normalized spacial score (nSPS) is 15.2. The number of amides is 2. The first kappa shape index (κ1) is 19.7. The highest BCUT2D eigenvalue weighted by molar-refractivity contribution is 8.18. The van der Waals surface area contributed by atoms with E-state index in [0.29, 0.717) is 17.1 Å². The number of rotatable bonds is 5. The van der Waals surface area contributed by atoms with Gasteiger partial charge in [-0.25, -0.2) is 4.79 Å². The molecule has 7 heteroatoms. The van der Waals surface area contributed by atoms with Gasteiger partial charge in [-0.3, -0.25) is 14.5 Å². The van der Waals surface area contributed by atoms with Crippen molar-refractivity contribution in [1.29, 1.82) is 0 Å². The molecular formula is C23H17NO5S. The third-order valence-electron chi connectivity index (χ3n) is 4.59. The lowest BCUT2D eigenvalue weighted by Crippen LogP contribution is -2.27. The predicted octanol–water partition coefficient (Wildman–Crippen LogP) is 5.19. The summed E-state index contributed by atoms with van der Waals surface area (Å²) in [4.78, 5) is 37.7. The van der Waals surface area contributed by atoms with E-state index in [1.54, 1.807) is 24.3 Å². The Hall–Kier alpha value is -3.58. The average molecular weight is 419 g/mol. The van der Waals surface area contributed by atoms with Gasteiger partial charge >= 0.3 is 5.97 Å². The first-order valence-corrected chi connectivity index (χ1v) is 9.97. The Morgan fingerprint density at radius 3 is 2.67 bits per heavy atom. The zero-order chi connectivity index (χ0) is 21.3. The van der Waals surface area contributed by atoms with Crippen LogP contribution >= 0.6 is 11.8 Å². The number of hydrogen-bond acceptors (Lipinski definition) is 5. The number of hydrogen-bond donors (Lipinski definition) is 1. The summed E-state index contributed by atoms with van der Waals surface area (Å²) in [5.41, 5.74) is 2.71. The molecule has 1 aromatic heterocycles. The third-order valence-corrected chi connectivity index (χ3v) is 5.50. The van der Waals surface area contributed by atoms with Crippen LogP contribution in [0.2, 0.25) is 0 Å². The van der Waals surface area contributed by atoms with E-state index in [1.165, 1.54) is 23.1 Å². The molecule has 0 bridgehead atoms. The Morgan fingerprint density at radius 1 is 1.10 bits per heavy atom. The van der Waals surface area contributed by atoms with Crippen molar-refractivity contribution in [3.05, 3.63) is 88.0 Å². The number of benzene rings is 2. The summed E-state index contributed by atoms with van der Waals surface area (Å²) in [7, 11) is 0. The van der Waals surface area contributed by atoms with Crippen LogP contribution in [0.3, 0.4) is 0 Å². The maximum Gasteiger partial charge on any atom is 0.335 e. The summed E-state index contributed by atoms with van der Waals surface area (Å²) in [5.74, 6) is -0.502. The number of carbonyl (C=O) groups is 3. The second-order valence-corrected chi connectivity index (χ2v) is 7.84. The van der Waals surface area contributed by atoms with E-state index in [1.807, 2.05) is 31.2 Å². The van der Waals surface area contributed by atoms with Gasteiger partial charge in [0.2, 0.25) is 0 Å². The van der Waals surface area contributed by atoms with E-state index < -0.39 is 5.97 Å². The van der Waals surface area contributed by atoms with E-state index in [0.717, 1.165) is 22.9 Å². The molecule has 2 amide bonds. The number of furan rings is 1. The van der Waals surface area contributed by atoms with Gasteiger partial charge in [0.25, 0.3) is 11.1 Å². The summed E-state index contributed by atoms with van der Waals surface area (Å²) in [6, 6.07) is 17.4. The molecule has 0 spiro atoms. The van der Waals surface area contributed by atoms with Gasteiger partial charge in [-0.2, -0.15) is 0 Å². The highest BCUT2D eigenvalue weighted by Gasteiger charge is 2.35. The van der Waals surface area contributed by atoms with Crippen molar-refractivity contribution in [3.63, 3.8) is 0 Å². The summed E-state index contributed by atoms with van der Waals surface area (Å²) < 4.78 is 5.75. The minimum absolute atomic E-state index is 0.155. The molecule has 2 aromatic carbocycles. The van der Waals surface area contributed by atoms with Gasteiger partial charge in [-0.1, -0.05) is 42.0 Å². The summed E-state index contributed by atoms with van der Waals surface area (Å²) in [5, 5.41) is 8.81. The number of aromatic carboxylic acids is 1. The second kappa shape index (κ2) is 8.04. The molecule has 2 heterocycles. The third kappa shape index (κ3) is 4.06. The van der Waals surface area contributed by atoms with E-state index in [-0.39, 0.29) is 28.2 Å². The summed E-state index contributed by atoms with van der Waals surface area (Å²) in [6.07, 6.45) is 1.53. The Balaban J connectivity index is 1.54. The lowest BCUT2D eigenvalue weighted by molar-refractivity contribution is -0.123. The highest BCUT2D eigenvalue weighted by atomic mass is 32.2. The van der Waals surface area contributed by atoms with Crippen molar-refractivity contribution in [1.82, 2.24) is 4.90 Å². The zero-order valence-electron chi connectivity index (χ0n) is 16.0. The second-order valence-electron chi connectivity index (χ2n) is 6.84. The van der Waals surface area contributed by atoms with Gasteiger partial charge in [-0.15, -0.1) is 0 Å². The molecule has 1 N–H and O–H groups in total. The molecule has 0 unspecified atom stereocenters. The van der Waals surface area contributed by atoms with E-state index in [4.69, 9.17) is 9.52 Å². The van der Waals surface area contributed by atoms with Gasteiger partial charge < -0.3 is 9.52 Å². The molecule has 0 radical (unpaired) electrons. The Labute approximate surface area is 176 Å². The molecule has 3 aromatic rings. The van der Waals surface area contributed by atoms with Crippen LogP contribution in [0.5, 0.6) is 0 Å². The number of nitrogens with zero attached hydrogens (tertiary/aromatic N) is 1.